The zero-order chi connectivity index (χ0) is 14.4. The van der Waals surface area contributed by atoms with E-state index in [9.17, 15) is 15.0 Å². The molecule has 0 fully saturated rings. The molecule has 0 heterocycles. The smallest absolute Gasteiger partial charge is 0.216 e. The average Bonchev–Trinajstić information content (AvgIpc) is 2.32. The molecule has 1 rings (SSSR count). The van der Waals surface area contributed by atoms with Crippen LogP contribution in [0.15, 0.2) is 12.1 Å². The lowest BCUT2D eigenvalue weighted by Crippen LogP contribution is -2.22. The molecule has 0 saturated heterocycles. The van der Waals surface area contributed by atoms with Crippen LogP contribution in [0.3, 0.4) is 0 Å². The molecule has 3 N–H and O–H groups in total. The van der Waals surface area contributed by atoms with Gasteiger partial charge in [0.05, 0.1) is 12.7 Å². The Morgan fingerprint density at radius 1 is 1.47 bits per heavy atom. The number of aliphatic hydroxyl groups excluding tert-OH is 1. The van der Waals surface area contributed by atoms with Crippen molar-refractivity contribution in [1.82, 2.24) is 5.32 Å². The molecule has 0 aromatic heterocycles. The third-order valence-electron chi connectivity index (χ3n) is 2.82. The number of carbonyl (C=O) groups excluding carboxylic acids is 1. The maximum Gasteiger partial charge on any atom is 0.216 e. The van der Waals surface area contributed by atoms with Crippen molar-refractivity contribution >= 4 is 5.91 Å². The van der Waals surface area contributed by atoms with E-state index in [4.69, 9.17) is 4.74 Å². The van der Waals surface area contributed by atoms with Gasteiger partial charge in [0.1, 0.15) is 5.75 Å². The van der Waals surface area contributed by atoms with E-state index in [-0.39, 0.29) is 18.3 Å². The minimum atomic E-state index is -0.753. The first kappa shape index (κ1) is 15.5. The molecular weight excluding hydrogens is 246 g/mol. The summed E-state index contributed by atoms with van der Waals surface area (Å²) >= 11 is 0. The number of amides is 1. The molecule has 0 saturated carbocycles. The Balaban J connectivity index is 2.94. The van der Waals surface area contributed by atoms with Crippen molar-refractivity contribution in [2.24, 2.45) is 0 Å². The number of nitrogens with one attached hydrogen (secondary N) is 1. The number of benzene rings is 1. The zero-order valence-corrected chi connectivity index (χ0v) is 11.6. The summed E-state index contributed by atoms with van der Waals surface area (Å²) in [5, 5.41) is 22.4. The lowest BCUT2D eigenvalue weighted by Gasteiger charge is -2.14. The average molecular weight is 267 g/mol. The van der Waals surface area contributed by atoms with Crippen LogP contribution in [-0.4, -0.2) is 29.8 Å². The van der Waals surface area contributed by atoms with Gasteiger partial charge in [-0.3, -0.25) is 4.79 Å². The molecule has 0 spiro atoms. The zero-order valence-electron chi connectivity index (χ0n) is 11.6. The number of rotatable bonds is 6. The predicted molar refractivity (Wildman–Crippen MR) is 71.8 cm³/mol. The number of aromatic hydroxyl groups is 1. The number of phenols is 1. The van der Waals surface area contributed by atoms with Crippen LogP contribution in [0.5, 0.6) is 5.75 Å². The Bertz CT molecular complexity index is 443. The van der Waals surface area contributed by atoms with E-state index in [2.05, 4.69) is 5.32 Å². The molecule has 0 aliphatic rings. The van der Waals surface area contributed by atoms with E-state index >= 15 is 0 Å². The first-order valence-corrected chi connectivity index (χ1v) is 6.21. The summed E-state index contributed by atoms with van der Waals surface area (Å²) in [5.41, 5.74) is 2.06. The fourth-order valence-corrected chi connectivity index (χ4v) is 1.90. The summed E-state index contributed by atoms with van der Waals surface area (Å²) in [6.07, 6.45) is -0.118. The lowest BCUT2D eigenvalue weighted by atomic mass is 9.99. The van der Waals surface area contributed by atoms with Crippen LogP contribution < -0.4 is 5.32 Å². The Kier molecular flexibility index (Phi) is 5.79. The van der Waals surface area contributed by atoms with Gasteiger partial charge in [-0.05, 0) is 31.0 Å². The summed E-state index contributed by atoms with van der Waals surface area (Å²) in [4.78, 5) is 10.8. The maximum absolute atomic E-state index is 10.8. The fraction of sp³-hybridized carbons (Fsp3) is 0.500. The molecule has 19 heavy (non-hydrogen) atoms. The fourth-order valence-electron chi connectivity index (χ4n) is 1.90. The van der Waals surface area contributed by atoms with Gasteiger partial charge in [-0.2, -0.15) is 0 Å². The van der Waals surface area contributed by atoms with Gasteiger partial charge in [0, 0.05) is 31.7 Å². The van der Waals surface area contributed by atoms with Gasteiger partial charge in [0.2, 0.25) is 5.91 Å². The standard InChI is InChI=1S/C14H21NO4/c1-9(16)13-7-11(4-5-15-10(2)17)6-12(8-19-3)14(13)18/h6-7,9,16,18H,4-5,8H2,1-3H3,(H,15,17). The van der Waals surface area contributed by atoms with Crippen molar-refractivity contribution in [3.05, 3.63) is 28.8 Å². The quantitative estimate of drug-likeness (QED) is 0.725. The number of hydrogen-bond donors (Lipinski definition) is 3. The number of phenolic OH excluding ortho intramolecular Hbond substituents is 1. The van der Waals surface area contributed by atoms with Gasteiger partial charge < -0.3 is 20.3 Å². The second-order valence-electron chi connectivity index (χ2n) is 4.53. The van der Waals surface area contributed by atoms with Crippen molar-refractivity contribution in [1.29, 1.82) is 0 Å². The highest BCUT2D eigenvalue weighted by atomic mass is 16.5. The molecule has 1 aromatic carbocycles. The van der Waals surface area contributed by atoms with Crippen LogP contribution >= 0.6 is 0 Å². The summed E-state index contributed by atoms with van der Waals surface area (Å²) in [6.45, 7) is 3.86. The molecule has 1 atom stereocenters. The van der Waals surface area contributed by atoms with Crippen molar-refractivity contribution in [2.45, 2.75) is 33.0 Å². The number of methoxy groups -OCH3 is 1. The van der Waals surface area contributed by atoms with Gasteiger partial charge in [0.25, 0.3) is 0 Å². The number of hydrogen-bond acceptors (Lipinski definition) is 4. The molecule has 0 bridgehead atoms. The summed E-state index contributed by atoms with van der Waals surface area (Å²) in [7, 11) is 1.55. The Morgan fingerprint density at radius 2 is 2.16 bits per heavy atom. The number of carbonyl (C=O) groups is 1. The second kappa shape index (κ2) is 7.11. The van der Waals surface area contributed by atoms with E-state index in [0.29, 0.717) is 24.1 Å². The minimum absolute atomic E-state index is 0.0696. The highest BCUT2D eigenvalue weighted by Gasteiger charge is 2.13. The molecule has 0 aliphatic carbocycles. The molecular formula is C14H21NO4. The van der Waals surface area contributed by atoms with E-state index < -0.39 is 6.10 Å². The monoisotopic (exact) mass is 267 g/mol. The van der Waals surface area contributed by atoms with Crippen molar-refractivity contribution in [2.75, 3.05) is 13.7 Å². The lowest BCUT2D eigenvalue weighted by molar-refractivity contribution is -0.118. The highest BCUT2D eigenvalue weighted by Crippen LogP contribution is 2.30. The third-order valence-corrected chi connectivity index (χ3v) is 2.82. The van der Waals surface area contributed by atoms with Crippen LogP contribution in [0.4, 0.5) is 0 Å². The van der Waals surface area contributed by atoms with Crippen molar-refractivity contribution in [3.63, 3.8) is 0 Å². The van der Waals surface area contributed by atoms with Gasteiger partial charge in [-0.15, -0.1) is 0 Å². The first-order valence-electron chi connectivity index (χ1n) is 6.21. The molecule has 1 aromatic rings. The molecule has 1 amide bonds. The largest absolute Gasteiger partial charge is 0.507 e. The van der Waals surface area contributed by atoms with Gasteiger partial charge in [-0.1, -0.05) is 0 Å². The molecule has 5 heteroatoms. The summed E-state index contributed by atoms with van der Waals surface area (Å²) in [5.74, 6) is -0.00762. The number of aliphatic hydroxyl groups is 1. The third kappa shape index (κ3) is 4.54. The number of ether oxygens (including phenoxy) is 1. The molecule has 0 aliphatic heterocycles. The molecule has 0 radical (unpaired) electrons. The van der Waals surface area contributed by atoms with E-state index in [1.54, 1.807) is 20.1 Å². The van der Waals surface area contributed by atoms with Crippen molar-refractivity contribution < 1.29 is 19.7 Å². The molecule has 106 valence electrons. The normalized spacial score (nSPS) is 12.2. The Labute approximate surface area is 113 Å². The summed E-state index contributed by atoms with van der Waals surface area (Å²) < 4.78 is 5.03. The van der Waals surface area contributed by atoms with Crippen LogP contribution in [-0.2, 0) is 22.6 Å². The summed E-state index contributed by atoms with van der Waals surface area (Å²) in [6, 6.07) is 3.58. The Hall–Kier alpha value is -1.59. The van der Waals surface area contributed by atoms with Crippen LogP contribution in [0.1, 0.15) is 36.6 Å². The predicted octanol–water partition coefficient (Wildman–Crippen LogP) is 1.27. The van der Waals surface area contributed by atoms with Crippen LogP contribution in [0.25, 0.3) is 0 Å². The molecule has 1 unspecified atom stereocenters. The maximum atomic E-state index is 10.8. The SMILES string of the molecule is COCc1cc(CCNC(C)=O)cc(C(C)O)c1O. The van der Waals surface area contributed by atoms with Crippen molar-refractivity contribution in [3.8, 4) is 5.75 Å². The Morgan fingerprint density at radius 3 is 2.68 bits per heavy atom. The van der Waals surface area contributed by atoms with Gasteiger partial charge in [0.15, 0.2) is 0 Å². The minimum Gasteiger partial charge on any atom is -0.507 e. The topological polar surface area (TPSA) is 78.8 Å². The van der Waals surface area contributed by atoms with E-state index in [1.165, 1.54) is 6.92 Å². The van der Waals surface area contributed by atoms with E-state index in [1.807, 2.05) is 6.07 Å². The van der Waals surface area contributed by atoms with Gasteiger partial charge >= 0.3 is 0 Å². The van der Waals surface area contributed by atoms with E-state index in [0.717, 1.165) is 5.56 Å². The van der Waals surface area contributed by atoms with Gasteiger partial charge in [-0.25, -0.2) is 0 Å². The van der Waals surface area contributed by atoms with Crippen LogP contribution in [0, 0.1) is 0 Å². The molecule has 5 nitrogen and oxygen atoms in total. The second-order valence-corrected chi connectivity index (χ2v) is 4.53. The first-order chi connectivity index (χ1) is 8.95. The van der Waals surface area contributed by atoms with Crippen LogP contribution in [0.2, 0.25) is 0 Å². The highest BCUT2D eigenvalue weighted by molar-refractivity contribution is 5.72.